The molecule has 0 heterocycles. The smallest absolute Gasteiger partial charge is 0.320 e. The third-order valence-corrected chi connectivity index (χ3v) is 6.79. The Balaban J connectivity index is 1.86. The summed E-state index contributed by atoms with van der Waals surface area (Å²) in [6, 6.07) is 6.31. The van der Waals surface area contributed by atoms with Crippen molar-refractivity contribution in [3.8, 4) is 11.5 Å². The van der Waals surface area contributed by atoms with Crippen LogP contribution in [0.15, 0.2) is 36.4 Å². The molecule has 1 aliphatic rings. The third kappa shape index (κ3) is 6.97. The molecule has 4 N–H and O–H groups in total. The van der Waals surface area contributed by atoms with Crippen LogP contribution in [0.2, 0.25) is 5.02 Å². The van der Waals surface area contributed by atoms with Crippen LogP contribution in [0, 0.1) is 5.82 Å². The van der Waals surface area contributed by atoms with E-state index in [-0.39, 0.29) is 17.6 Å². The van der Waals surface area contributed by atoms with Crippen molar-refractivity contribution in [3.05, 3.63) is 69.5 Å². The van der Waals surface area contributed by atoms with Crippen LogP contribution in [0.5, 0.6) is 11.5 Å². The number of methoxy groups -OCH3 is 1. The van der Waals surface area contributed by atoms with E-state index in [1.807, 2.05) is 12.1 Å². The zero-order valence-electron chi connectivity index (χ0n) is 21.0. The number of hydrogen-bond acceptors (Lipinski definition) is 6. The van der Waals surface area contributed by atoms with E-state index >= 15 is 0 Å². The van der Waals surface area contributed by atoms with Crippen molar-refractivity contribution in [2.24, 2.45) is 5.73 Å². The number of halogens is 2. The molecule has 0 aliphatic heterocycles. The lowest BCUT2D eigenvalue weighted by Gasteiger charge is -2.25. The van der Waals surface area contributed by atoms with Gasteiger partial charge in [-0.05, 0) is 86.3 Å². The Kier molecular flexibility index (Phi) is 10.1. The molecule has 3 rings (SSSR count). The Bertz CT molecular complexity index is 1100. The molecular formula is C27H35ClFN3O4. The number of fused-ring (bicyclic) bond motifs is 1. The molecule has 0 spiro atoms. The van der Waals surface area contributed by atoms with Crippen molar-refractivity contribution in [3.63, 3.8) is 0 Å². The maximum absolute atomic E-state index is 14.3. The lowest BCUT2D eigenvalue weighted by Crippen LogP contribution is -2.35. The number of nitrogens with one attached hydrogen (secondary N) is 1. The summed E-state index contributed by atoms with van der Waals surface area (Å²) in [7, 11) is 3.33. The highest BCUT2D eigenvalue weighted by molar-refractivity contribution is 6.30. The van der Waals surface area contributed by atoms with E-state index in [0.29, 0.717) is 36.8 Å². The van der Waals surface area contributed by atoms with Gasteiger partial charge in [0.25, 0.3) is 0 Å². The van der Waals surface area contributed by atoms with Gasteiger partial charge in [0.05, 0.1) is 18.7 Å². The van der Waals surface area contributed by atoms with Gasteiger partial charge in [-0.2, -0.15) is 0 Å². The second-order valence-electron chi connectivity index (χ2n) is 9.00. The maximum Gasteiger partial charge on any atom is 0.320 e. The Morgan fingerprint density at radius 1 is 1.28 bits per heavy atom. The Hall–Kier alpha value is -2.65. The molecule has 2 aromatic rings. The lowest BCUT2D eigenvalue weighted by molar-refractivity contribution is -0.142. The first-order valence-corrected chi connectivity index (χ1v) is 12.4. The van der Waals surface area contributed by atoms with Crippen molar-refractivity contribution in [2.45, 2.75) is 51.4 Å². The summed E-state index contributed by atoms with van der Waals surface area (Å²) in [6.45, 7) is 3.35. The number of hydrogen-bond donors (Lipinski definition) is 3. The standard InChI is InChI=1S/C27H35ClFN3O4/c1-17(27(33)34)32(2)16-20-12-23(29)22(28)11-19(20)15-31-24-8-5-4-7-18-13-25(35-3)26(14-21(18)24)36-10-6-9-30/h4-5,11-14,17,24,31H,6-10,15-16,30H2,1-3H3,(H,33,34)/t17-,24?/m1/s1. The second kappa shape index (κ2) is 13.1. The molecule has 0 saturated carbocycles. The first-order valence-electron chi connectivity index (χ1n) is 12.1. The van der Waals surface area contributed by atoms with Crippen LogP contribution >= 0.6 is 11.6 Å². The number of aliphatic carboxylic acids is 1. The minimum absolute atomic E-state index is 0.0196. The minimum atomic E-state index is -0.937. The quantitative estimate of drug-likeness (QED) is 0.281. The van der Waals surface area contributed by atoms with Gasteiger partial charge in [0.1, 0.15) is 11.9 Å². The van der Waals surface area contributed by atoms with Crippen LogP contribution in [0.1, 0.15) is 48.1 Å². The minimum Gasteiger partial charge on any atom is -0.493 e. The summed E-state index contributed by atoms with van der Waals surface area (Å²) in [5, 5.41) is 13.0. The van der Waals surface area contributed by atoms with Gasteiger partial charge in [0.15, 0.2) is 11.5 Å². The molecule has 9 heteroatoms. The van der Waals surface area contributed by atoms with Crippen LogP contribution in [-0.2, 0) is 24.3 Å². The molecule has 0 saturated heterocycles. The maximum atomic E-state index is 14.3. The summed E-state index contributed by atoms with van der Waals surface area (Å²) in [5.41, 5.74) is 9.35. The highest BCUT2D eigenvalue weighted by atomic mass is 35.5. The Morgan fingerprint density at radius 3 is 2.75 bits per heavy atom. The molecule has 7 nitrogen and oxygen atoms in total. The zero-order chi connectivity index (χ0) is 26.2. The van der Waals surface area contributed by atoms with Gasteiger partial charge in [0.2, 0.25) is 0 Å². The van der Waals surface area contributed by atoms with Crippen LogP contribution < -0.4 is 20.5 Å². The number of nitrogens with two attached hydrogens (primary N) is 1. The lowest BCUT2D eigenvalue weighted by atomic mass is 9.97. The fourth-order valence-electron chi connectivity index (χ4n) is 4.19. The topological polar surface area (TPSA) is 97.1 Å². The van der Waals surface area contributed by atoms with E-state index in [0.717, 1.165) is 36.0 Å². The molecule has 0 bridgehead atoms. The summed E-state index contributed by atoms with van der Waals surface area (Å²) in [6.07, 6.45) is 6.56. The normalized spacial score (nSPS) is 15.9. The monoisotopic (exact) mass is 519 g/mol. The molecule has 1 unspecified atom stereocenters. The van der Waals surface area contributed by atoms with Gasteiger partial charge in [0, 0.05) is 19.1 Å². The molecular weight excluding hydrogens is 485 g/mol. The fraction of sp³-hybridized carbons (Fsp3) is 0.444. The van der Waals surface area contributed by atoms with Crippen LogP contribution in [-0.4, -0.2) is 49.3 Å². The second-order valence-corrected chi connectivity index (χ2v) is 9.41. The molecule has 2 atom stereocenters. The van der Waals surface area contributed by atoms with Gasteiger partial charge in [-0.3, -0.25) is 9.69 Å². The zero-order valence-corrected chi connectivity index (χ0v) is 21.8. The number of benzene rings is 2. The molecule has 2 aromatic carbocycles. The highest BCUT2D eigenvalue weighted by Crippen LogP contribution is 2.36. The van der Waals surface area contributed by atoms with Crippen molar-refractivity contribution < 1.29 is 23.8 Å². The summed E-state index contributed by atoms with van der Waals surface area (Å²) in [4.78, 5) is 13.1. The van der Waals surface area contributed by atoms with Gasteiger partial charge in [-0.15, -0.1) is 0 Å². The molecule has 0 aromatic heterocycles. The number of allylic oxidation sites excluding steroid dienone is 1. The van der Waals surface area contributed by atoms with E-state index < -0.39 is 17.8 Å². The van der Waals surface area contributed by atoms with Gasteiger partial charge < -0.3 is 25.6 Å². The van der Waals surface area contributed by atoms with Crippen LogP contribution in [0.3, 0.4) is 0 Å². The first kappa shape index (κ1) is 27.9. The number of rotatable bonds is 12. The molecule has 36 heavy (non-hydrogen) atoms. The third-order valence-electron chi connectivity index (χ3n) is 6.50. The largest absolute Gasteiger partial charge is 0.493 e. The van der Waals surface area contributed by atoms with Gasteiger partial charge in [-0.1, -0.05) is 23.8 Å². The number of likely N-dealkylation sites (N-methyl/N-ethyl adjacent to an activating group) is 1. The Labute approximate surface area is 217 Å². The molecule has 0 radical (unpaired) electrons. The van der Waals surface area contributed by atoms with Gasteiger partial charge >= 0.3 is 5.97 Å². The number of carbonyl (C=O) groups is 1. The van der Waals surface area contributed by atoms with Crippen molar-refractivity contribution in [1.29, 1.82) is 0 Å². The van der Waals surface area contributed by atoms with Crippen LogP contribution in [0.25, 0.3) is 0 Å². The Morgan fingerprint density at radius 2 is 2.06 bits per heavy atom. The van der Waals surface area contributed by atoms with E-state index in [4.69, 9.17) is 26.8 Å². The number of nitrogens with zero attached hydrogens (tertiary/aromatic N) is 1. The van der Waals surface area contributed by atoms with Crippen LogP contribution in [0.4, 0.5) is 4.39 Å². The van der Waals surface area contributed by atoms with E-state index in [1.165, 1.54) is 6.07 Å². The average Bonchev–Trinajstić information content (AvgIpc) is 3.05. The van der Waals surface area contributed by atoms with Crippen molar-refractivity contribution in [2.75, 3.05) is 27.3 Å². The van der Waals surface area contributed by atoms with Crippen molar-refractivity contribution >= 4 is 17.6 Å². The number of carboxylic acids is 1. The van der Waals surface area contributed by atoms with Crippen molar-refractivity contribution in [1.82, 2.24) is 10.2 Å². The van der Waals surface area contributed by atoms with E-state index in [9.17, 15) is 14.3 Å². The summed E-state index contributed by atoms with van der Waals surface area (Å²) in [5.74, 6) is -0.106. The number of ether oxygens (including phenoxy) is 2. The van der Waals surface area contributed by atoms with E-state index in [2.05, 4.69) is 17.5 Å². The summed E-state index contributed by atoms with van der Waals surface area (Å²) >= 11 is 6.12. The predicted molar refractivity (Wildman–Crippen MR) is 139 cm³/mol. The first-order chi connectivity index (χ1) is 17.2. The SMILES string of the molecule is COc1cc2c(cc1OCCCN)C(NCc1cc(Cl)c(F)cc1CN(C)[C@H](C)C(=O)O)CC=CC2. The van der Waals surface area contributed by atoms with E-state index in [1.54, 1.807) is 32.0 Å². The number of carboxylic acid groups (broad SMARTS) is 1. The fourth-order valence-corrected chi connectivity index (χ4v) is 4.37. The summed E-state index contributed by atoms with van der Waals surface area (Å²) < 4.78 is 25.8. The molecule has 1 aliphatic carbocycles. The van der Waals surface area contributed by atoms with Gasteiger partial charge in [-0.25, -0.2) is 4.39 Å². The molecule has 0 fully saturated rings. The highest BCUT2D eigenvalue weighted by Gasteiger charge is 2.22. The molecule has 0 amide bonds. The predicted octanol–water partition coefficient (Wildman–Crippen LogP) is 4.45. The average molecular weight is 520 g/mol. The molecule has 196 valence electrons.